The van der Waals surface area contributed by atoms with Crippen molar-refractivity contribution in [3.8, 4) is 5.75 Å². The predicted octanol–water partition coefficient (Wildman–Crippen LogP) is 3.90. The summed E-state index contributed by atoms with van der Waals surface area (Å²) in [7, 11) is 0. The summed E-state index contributed by atoms with van der Waals surface area (Å²) in [5.74, 6) is 0.871. The molecule has 0 saturated carbocycles. The summed E-state index contributed by atoms with van der Waals surface area (Å²) in [6, 6.07) is 14.3. The maximum absolute atomic E-state index is 5.95. The van der Waals surface area contributed by atoms with Crippen LogP contribution in [0.3, 0.4) is 0 Å². The lowest BCUT2D eigenvalue weighted by Gasteiger charge is -2.14. The molecule has 0 unspecified atom stereocenters. The zero-order valence-corrected chi connectivity index (χ0v) is 11.8. The Morgan fingerprint density at radius 3 is 2.47 bits per heavy atom. The molecular weight excluding hydrogens is 234 g/mol. The second kappa shape index (κ2) is 5.89. The molecule has 0 aliphatic carbocycles. The number of nitrogens with two attached hydrogens (primary N) is 1. The Labute approximate surface area is 115 Å². The Morgan fingerprint density at radius 2 is 1.79 bits per heavy atom. The third-order valence-corrected chi connectivity index (χ3v) is 3.38. The summed E-state index contributed by atoms with van der Waals surface area (Å²) in [5, 5.41) is 0. The molecule has 2 aromatic rings. The second-order valence-electron chi connectivity index (χ2n) is 5.03. The van der Waals surface area contributed by atoms with E-state index in [0.29, 0.717) is 6.61 Å². The van der Waals surface area contributed by atoms with Crippen LogP contribution in [-0.4, -0.2) is 0 Å². The molecule has 1 atom stereocenters. The summed E-state index contributed by atoms with van der Waals surface area (Å²) < 4.78 is 5.90. The van der Waals surface area contributed by atoms with Gasteiger partial charge in [-0.15, -0.1) is 0 Å². The fraction of sp³-hybridized carbons (Fsp3) is 0.294. The molecule has 0 saturated heterocycles. The Bertz CT molecular complexity index is 561. The molecule has 2 aromatic carbocycles. The van der Waals surface area contributed by atoms with Crippen LogP contribution in [0.2, 0.25) is 0 Å². The topological polar surface area (TPSA) is 35.2 Å². The third-order valence-electron chi connectivity index (χ3n) is 3.38. The lowest BCUT2D eigenvalue weighted by atomic mass is 10.1. The van der Waals surface area contributed by atoms with Gasteiger partial charge in [0.05, 0.1) is 0 Å². The normalized spacial score (nSPS) is 12.2. The van der Waals surface area contributed by atoms with Gasteiger partial charge in [0.1, 0.15) is 12.4 Å². The first-order valence-electron chi connectivity index (χ1n) is 6.61. The first-order chi connectivity index (χ1) is 9.08. The monoisotopic (exact) mass is 255 g/mol. The van der Waals surface area contributed by atoms with Gasteiger partial charge in [0.25, 0.3) is 0 Å². The van der Waals surface area contributed by atoms with Crippen molar-refractivity contribution < 1.29 is 4.74 Å². The van der Waals surface area contributed by atoms with E-state index < -0.39 is 0 Å². The van der Waals surface area contributed by atoms with Crippen LogP contribution in [0.25, 0.3) is 0 Å². The van der Waals surface area contributed by atoms with Crippen LogP contribution in [0.4, 0.5) is 0 Å². The van der Waals surface area contributed by atoms with Crippen molar-refractivity contribution in [2.45, 2.75) is 33.4 Å². The van der Waals surface area contributed by atoms with Crippen LogP contribution in [0.1, 0.15) is 35.2 Å². The maximum Gasteiger partial charge on any atom is 0.124 e. The molecule has 100 valence electrons. The van der Waals surface area contributed by atoms with Crippen LogP contribution >= 0.6 is 0 Å². The molecule has 0 aliphatic heterocycles. The standard InChI is InChI=1S/C17H21NO/c1-12-8-9-15(10-13(12)2)11-19-17-7-5-4-6-16(17)14(3)18/h4-10,14H,11,18H2,1-3H3/t14-/m1/s1. The van der Waals surface area contributed by atoms with Crippen molar-refractivity contribution in [2.24, 2.45) is 5.73 Å². The number of benzene rings is 2. The molecule has 0 bridgehead atoms. The summed E-state index contributed by atoms with van der Waals surface area (Å²) >= 11 is 0. The van der Waals surface area contributed by atoms with Gasteiger partial charge in [0, 0.05) is 11.6 Å². The summed E-state index contributed by atoms with van der Waals surface area (Å²) in [5.41, 5.74) is 10.8. The van der Waals surface area contributed by atoms with E-state index in [2.05, 4.69) is 32.0 Å². The number of hydrogen-bond acceptors (Lipinski definition) is 2. The van der Waals surface area contributed by atoms with Gasteiger partial charge in [0.2, 0.25) is 0 Å². The highest BCUT2D eigenvalue weighted by Gasteiger charge is 2.07. The van der Waals surface area contributed by atoms with E-state index in [9.17, 15) is 0 Å². The summed E-state index contributed by atoms with van der Waals surface area (Å²) in [6.07, 6.45) is 0. The SMILES string of the molecule is Cc1ccc(COc2ccccc2[C@@H](C)N)cc1C. The molecule has 2 N–H and O–H groups in total. The number of rotatable bonds is 4. The molecule has 2 rings (SSSR count). The minimum atomic E-state index is -0.0176. The van der Waals surface area contributed by atoms with Gasteiger partial charge in [0.15, 0.2) is 0 Å². The molecule has 19 heavy (non-hydrogen) atoms. The van der Waals surface area contributed by atoms with E-state index in [4.69, 9.17) is 10.5 Å². The fourth-order valence-corrected chi connectivity index (χ4v) is 2.04. The van der Waals surface area contributed by atoms with Gasteiger partial charge >= 0.3 is 0 Å². The van der Waals surface area contributed by atoms with E-state index in [1.807, 2.05) is 31.2 Å². The minimum absolute atomic E-state index is 0.0176. The second-order valence-corrected chi connectivity index (χ2v) is 5.03. The predicted molar refractivity (Wildman–Crippen MR) is 79.3 cm³/mol. The van der Waals surface area contributed by atoms with E-state index in [1.54, 1.807) is 0 Å². The Balaban J connectivity index is 2.12. The largest absolute Gasteiger partial charge is 0.489 e. The van der Waals surface area contributed by atoms with Crippen LogP contribution in [0.15, 0.2) is 42.5 Å². The number of para-hydroxylation sites is 1. The maximum atomic E-state index is 5.95. The minimum Gasteiger partial charge on any atom is -0.489 e. The number of hydrogen-bond donors (Lipinski definition) is 1. The number of ether oxygens (including phenoxy) is 1. The average molecular weight is 255 g/mol. The average Bonchev–Trinajstić information content (AvgIpc) is 2.40. The highest BCUT2D eigenvalue weighted by atomic mass is 16.5. The zero-order valence-electron chi connectivity index (χ0n) is 11.8. The van der Waals surface area contributed by atoms with Crippen LogP contribution in [0.5, 0.6) is 5.75 Å². The van der Waals surface area contributed by atoms with E-state index in [1.165, 1.54) is 16.7 Å². The van der Waals surface area contributed by atoms with E-state index >= 15 is 0 Å². The van der Waals surface area contributed by atoms with Crippen molar-refractivity contribution in [3.05, 3.63) is 64.7 Å². The molecule has 0 aliphatic rings. The van der Waals surface area contributed by atoms with Gasteiger partial charge in [-0.05, 0) is 43.5 Å². The van der Waals surface area contributed by atoms with Crippen molar-refractivity contribution in [1.82, 2.24) is 0 Å². The highest BCUT2D eigenvalue weighted by molar-refractivity contribution is 5.36. The Kier molecular flexibility index (Phi) is 4.23. The Hall–Kier alpha value is -1.80. The molecule has 2 heteroatoms. The van der Waals surface area contributed by atoms with E-state index in [0.717, 1.165) is 11.3 Å². The van der Waals surface area contributed by atoms with Crippen molar-refractivity contribution in [1.29, 1.82) is 0 Å². The third kappa shape index (κ3) is 3.36. The van der Waals surface area contributed by atoms with Gasteiger partial charge < -0.3 is 10.5 Å². The first kappa shape index (κ1) is 13.6. The van der Waals surface area contributed by atoms with Gasteiger partial charge in [-0.3, -0.25) is 0 Å². The van der Waals surface area contributed by atoms with Crippen LogP contribution in [0, 0.1) is 13.8 Å². The fourth-order valence-electron chi connectivity index (χ4n) is 2.04. The zero-order chi connectivity index (χ0) is 13.8. The molecule has 0 aromatic heterocycles. The molecule has 0 fully saturated rings. The first-order valence-corrected chi connectivity index (χ1v) is 6.61. The molecule has 0 spiro atoms. The molecule has 2 nitrogen and oxygen atoms in total. The molecule has 0 amide bonds. The van der Waals surface area contributed by atoms with Gasteiger partial charge in [-0.2, -0.15) is 0 Å². The molecular formula is C17H21NO. The Morgan fingerprint density at radius 1 is 1.05 bits per heavy atom. The van der Waals surface area contributed by atoms with Crippen LogP contribution in [-0.2, 0) is 6.61 Å². The quantitative estimate of drug-likeness (QED) is 0.899. The summed E-state index contributed by atoms with van der Waals surface area (Å²) in [4.78, 5) is 0. The van der Waals surface area contributed by atoms with Crippen molar-refractivity contribution in [3.63, 3.8) is 0 Å². The van der Waals surface area contributed by atoms with Crippen LogP contribution < -0.4 is 10.5 Å². The molecule has 0 heterocycles. The van der Waals surface area contributed by atoms with E-state index in [-0.39, 0.29) is 6.04 Å². The summed E-state index contributed by atoms with van der Waals surface area (Å²) in [6.45, 7) is 6.78. The lowest BCUT2D eigenvalue weighted by Crippen LogP contribution is -2.08. The van der Waals surface area contributed by atoms with Gasteiger partial charge in [-0.1, -0.05) is 36.4 Å². The van der Waals surface area contributed by atoms with Gasteiger partial charge in [-0.25, -0.2) is 0 Å². The smallest absolute Gasteiger partial charge is 0.124 e. The van der Waals surface area contributed by atoms with Crippen molar-refractivity contribution in [2.75, 3.05) is 0 Å². The highest BCUT2D eigenvalue weighted by Crippen LogP contribution is 2.24. The number of aryl methyl sites for hydroxylation is 2. The lowest BCUT2D eigenvalue weighted by molar-refractivity contribution is 0.301. The molecule has 0 radical (unpaired) electrons. The van der Waals surface area contributed by atoms with Crippen molar-refractivity contribution >= 4 is 0 Å².